The number of unbranched alkanes of at least 4 members (excludes halogenated alkanes) is 16. The molecule has 0 aromatic rings. The molecule has 0 aliphatic heterocycles. The van der Waals surface area contributed by atoms with E-state index in [2.05, 4.69) is 39.9 Å². The zero-order valence-electron chi connectivity index (χ0n) is 39.5. The summed E-state index contributed by atoms with van der Waals surface area (Å²) >= 11 is 0. The van der Waals surface area contributed by atoms with Gasteiger partial charge in [0.1, 0.15) is 0 Å². The number of nitrogens with two attached hydrogens (primary N) is 2. The van der Waals surface area contributed by atoms with Crippen molar-refractivity contribution < 1.29 is 14.2 Å². The summed E-state index contributed by atoms with van der Waals surface area (Å²) in [7, 11) is 0. The maximum atomic E-state index is 7.09. The van der Waals surface area contributed by atoms with Crippen molar-refractivity contribution >= 4 is 0 Å². The second kappa shape index (κ2) is 28.4. The molecule has 0 heterocycles. The molecule has 4 aliphatic carbocycles. The lowest BCUT2D eigenvalue weighted by Crippen LogP contribution is -2.63. The molecule has 4 aliphatic rings. The number of rotatable bonds is 34. The predicted octanol–water partition coefficient (Wildman–Crippen LogP) is 12.8. The first-order chi connectivity index (χ1) is 28.3. The molecule has 5 N–H and O–H groups in total. The molecule has 0 radical (unpaired) electrons. The van der Waals surface area contributed by atoms with Crippen LogP contribution in [-0.4, -0.2) is 64.3 Å². The van der Waals surface area contributed by atoms with E-state index < -0.39 is 0 Å². The highest BCUT2D eigenvalue weighted by Gasteiger charge is 2.66. The average molecular weight is 816 g/mol. The van der Waals surface area contributed by atoms with Gasteiger partial charge < -0.3 is 31.0 Å². The summed E-state index contributed by atoms with van der Waals surface area (Å²) in [6.07, 6.45) is 39.7. The summed E-state index contributed by atoms with van der Waals surface area (Å²) in [6.45, 7) is 18.9. The van der Waals surface area contributed by atoms with Crippen LogP contribution in [0.15, 0.2) is 0 Å². The molecule has 0 spiro atoms. The molecular weight excluding hydrogens is 715 g/mol. The van der Waals surface area contributed by atoms with Gasteiger partial charge in [0.25, 0.3) is 0 Å². The molecule has 4 fully saturated rings. The minimum Gasteiger partial charge on any atom is -0.378 e. The Morgan fingerprint density at radius 3 is 1.78 bits per heavy atom. The predicted molar refractivity (Wildman–Crippen MR) is 248 cm³/mol. The fourth-order valence-electron chi connectivity index (χ4n) is 13.3. The lowest BCUT2D eigenvalue weighted by atomic mass is 9.43. The molecule has 6 nitrogen and oxygen atoms in total. The van der Waals surface area contributed by atoms with E-state index in [0.29, 0.717) is 60.5 Å². The van der Waals surface area contributed by atoms with E-state index in [4.69, 9.17) is 25.7 Å². The first-order valence-electron chi connectivity index (χ1n) is 26.3. The Hall–Kier alpha value is -0.240. The van der Waals surface area contributed by atoms with Gasteiger partial charge in [-0.15, -0.1) is 0 Å². The normalized spacial score (nSPS) is 32.5. The standard InChI is InChI=1S/C52H101N3O3/c1-6-8-10-11-12-13-14-15-16-17-18-19-20-21-22-23-34-55-35-24-27-42(3)45-28-29-46-50-47(41-49(52(45,46)5)58-38-26-33-54)51(4)31-30-44(56-37-25-32-53)39-43(51)40-48(50)57-36-9-7-2/h42-50,55H,6-41,53-54H2,1-5H3/t42-,43+,44-,45-,46+,47+,48-,49+,50+,51+,52-/m1/s1. The van der Waals surface area contributed by atoms with Crippen molar-refractivity contribution in [3.63, 3.8) is 0 Å². The monoisotopic (exact) mass is 816 g/mol. The van der Waals surface area contributed by atoms with Crippen molar-refractivity contribution in [2.24, 2.45) is 57.8 Å². The summed E-state index contributed by atoms with van der Waals surface area (Å²) < 4.78 is 20.6. The van der Waals surface area contributed by atoms with Gasteiger partial charge >= 0.3 is 0 Å². The van der Waals surface area contributed by atoms with Gasteiger partial charge in [0.15, 0.2) is 0 Å². The first-order valence-corrected chi connectivity index (χ1v) is 26.3. The van der Waals surface area contributed by atoms with Crippen LogP contribution in [-0.2, 0) is 14.2 Å². The molecule has 342 valence electrons. The van der Waals surface area contributed by atoms with Crippen LogP contribution in [0, 0.1) is 46.3 Å². The van der Waals surface area contributed by atoms with E-state index in [1.165, 1.54) is 186 Å². The number of fused-ring (bicyclic) bond motifs is 5. The highest BCUT2D eigenvalue weighted by Crippen LogP contribution is 2.69. The molecule has 0 aromatic heterocycles. The van der Waals surface area contributed by atoms with E-state index >= 15 is 0 Å². The molecular formula is C52H101N3O3. The van der Waals surface area contributed by atoms with Gasteiger partial charge in [-0.05, 0) is 151 Å². The van der Waals surface area contributed by atoms with Crippen LogP contribution < -0.4 is 16.8 Å². The van der Waals surface area contributed by atoms with Gasteiger partial charge in [-0.1, -0.05) is 137 Å². The van der Waals surface area contributed by atoms with Crippen molar-refractivity contribution in [1.29, 1.82) is 0 Å². The molecule has 0 saturated heterocycles. The SMILES string of the molecule is CCCCCCCCCCCCCCCCCCNCCC[C@@H](C)[C@H]1CC[C@H]2[C@@H]3[C@H](OCCCC)C[C@@H]4C[C@H](OCCCN)CC[C@]4(C)[C@H]3C[C@H](OCCCN)[C@]12C. The first kappa shape index (κ1) is 50.4. The van der Waals surface area contributed by atoms with Crippen LogP contribution in [0.4, 0.5) is 0 Å². The van der Waals surface area contributed by atoms with Crippen LogP contribution in [0.3, 0.4) is 0 Å². The third-order valence-electron chi connectivity index (χ3n) is 16.9. The van der Waals surface area contributed by atoms with E-state index in [0.717, 1.165) is 44.5 Å². The summed E-state index contributed by atoms with van der Waals surface area (Å²) in [6, 6.07) is 0. The quantitative estimate of drug-likeness (QED) is 0.0560. The lowest BCUT2D eigenvalue weighted by Gasteiger charge is -2.65. The van der Waals surface area contributed by atoms with Crippen LogP contribution in [0.5, 0.6) is 0 Å². The van der Waals surface area contributed by atoms with E-state index in [-0.39, 0.29) is 5.41 Å². The van der Waals surface area contributed by atoms with Gasteiger partial charge in [0.05, 0.1) is 18.3 Å². The fraction of sp³-hybridized carbons (Fsp3) is 1.00. The molecule has 0 bridgehead atoms. The minimum absolute atomic E-state index is 0.203. The molecule has 11 atom stereocenters. The number of nitrogens with one attached hydrogen (secondary N) is 1. The van der Waals surface area contributed by atoms with Gasteiger partial charge in [0, 0.05) is 25.2 Å². The van der Waals surface area contributed by atoms with Gasteiger partial charge in [-0.2, -0.15) is 0 Å². The van der Waals surface area contributed by atoms with Gasteiger partial charge in [-0.3, -0.25) is 0 Å². The van der Waals surface area contributed by atoms with Crippen LogP contribution >= 0.6 is 0 Å². The Labute approximate surface area is 361 Å². The largest absolute Gasteiger partial charge is 0.378 e. The smallest absolute Gasteiger partial charge is 0.0637 e. The number of hydrogen-bond acceptors (Lipinski definition) is 6. The molecule has 0 amide bonds. The second-order valence-corrected chi connectivity index (χ2v) is 20.9. The average Bonchev–Trinajstić information content (AvgIpc) is 3.58. The Morgan fingerprint density at radius 1 is 0.586 bits per heavy atom. The topological polar surface area (TPSA) is 91.8 Å². The van der Waals surface area contributed by atoms with Gasteiger partial charge in [0.2, 0.25) is 0 Å². The Balaban J connectivity index is 1.22. The van der Waals surface area contributed by atoms with Crippen LogP contribution in [0.2, 0.25) is 0 Å². The summed E-state index contributed by atoms with van der Waals surface area (Å²) in [4.78, 5) is 0. The van der Waals surface area contributed by atoms with E-state index in [9.17, 15) is 0 Å². The fourth-order valence-corrected chi connectivity index (χ4v) is 13.3. The number of hydrogen-bond donors (Lipinski definition) is 3. The second-order valence-electron chi connectivity index (χ2n) is 20.9. The molecule has 4 saturated carbocycles. The lowest BCUT2D eigenvalue weighted by molar-refractivity contribution is -0.227. The molecule has 4 rings (SSSR count). The van der Waals surface area contributed by atoms with E-state index in [1.807, 2.05) is 0 Å². The van der Waals surface area contributed by atoms with Crippen LogP contribution in [0.1, 0.15) is 221 Å². The summed E-state index contributed by atoms with van der Waals surface area (Å²) in [5, 5.41) is 3.84. The highest BCUT2D eigenvalue weighted by molar-refractivity contribution is 5.15. The third kappa shape index (κ3) is 14.9. The van der Waals surface area contributed by atoms with Crippen molar-refractivity contribution in [3.8, 4) is 0 Å². The zero-order valence-corrected chi connectivity index (χ0v) is 39.5. The van der Waals surface area contributed by atoms with Crippen LogP contribution in [0.25, 0.3) is 0 Å². The maximum absolute atomic E-state index is 7.09. The Morgan fingerprint density at radius 2 is 1.16 bits per heavy atom. The molecule has 0 unspecified atom stereocenters. The zero-order chi connectivity index (χ0) is 41.5. The van der Waals surface area contributed by atoms with Crippen molar-refractivity contribution in [2.45, 2.75) is 239 Å². The Bertz CT molecular complexity index is 1030. The molecule has 58 heavy (non-hydrogen) atoms. The maximum Gasteiger partial charge on any atom is 0.0637 e. The van der Waals surface area contributed by atoms with E-state index in [1.54, 1.807) is 0 Å². The van der Waals surface area contributed by atoms with Crippen molar-refractivity contribution in [3.05, 3.63) is 0 Å². The Kier molecular flexibility index (Phi) is 24.7. The van der Waals surface area contributed by atoms with Crippen molar-refractivity contribution in [1.82, 2.24) is 5.32 Å². The number of ether oxygens (including phenoxy) is 3. The molecule has 6 heteroatoms. The van der Waals surface area contributed by atoms with Gasteiger partial charge in [-0.25, -0.2) is 0 Å². The van der Waals surface area contributed by atoms with Crippen molar-refractivity contribution in [2.75, 3.05) is 46.0 Å². The molecule has 0 aromatic carbocycles. The summed E-state index contributed by atoms with van der Waals surface area (Å²) in [5.41, 5.74) is 12.4. The summed E-state index contributed by atoms with van der Waals surface area (Å²) in [5.74, 6) is 4.08. The third-order valence-corrected chi connectivity index (χ3v) is 16.9. The minimum atomic E-state index is 0.203. The highest BCUT2D eigenvalue weighted by atomic mass is 16.5.